The number of nitrogens with one attached hydrogen (secondary N) is 1. The molecule has 0 radical (unpaired) electrons. The molecule has 1 aromatic heterocycles. The zero-order valence-electron chi connectivity index (χ0n) is 22.1. The first-order valence-electron chi connectivity index (χ1n) is 11.6. The standard InChI is InChI=1S/C19H8F18N6O4S2/c20-13(21,22)9-2-1-5-3-6(38-40-12-41-39-10(48-12)11(44)47-18(34,35)15(26,27)28)7(42-49(45,46)19(36,37)16(29,30)31)4-8(5)43(9)17(32,33)14(23,24)25/h3-4,9,42H,1-2H2. The predicted octanol–water partition coefficient (Wildman–Crippen LogP) is 8.00. The van der Waals surface area contributed by atoms with Crippen molar-refractivity contribution in [2.45, 2.75) is 61.0 Å². The van der Waals surface area contributed by atoms with E-state index >= 15 is 0 Å². The van der Waals surface area contributed by atoms with Gasteiger partial charge < -0.3 is 4.74 Å². The van der Waals surface area contributed by atoms with E-state index in [9.17, 15) is 92.2 Å². The van der Waals surface area contributed by atoms with Crippen LogP contribution in [0.25, 0.3) is 0 Å². The Balaban J connectivity index is 2.20. The third-order valence-corrected chi connectivity index (χ3v) is 7.95. The van der Waals surface area contributed by atoms with Crippen molar-refractivity contribution in [2.24, 2.45) is 10.2 Å². The average Bonchev–Trinajstić information content (AvgIpc) is 3.37. The fourth-order valence-electron chi connectivity index (χ4n) is 3.61. The maximum absolute atomic E-state index is 14.5. The summed E-state index contributed by atoms with van der Waals surface area (Å²) in [4.78, 5) is 9.95. The molecule has 1 aromatic carbocycles. The van der Waals surface area contributed by atoms with Gasteiger partial charge in [0.1, 0.15) is 11.7 Å². The minimum atomic E-state index is -7.17. The molecule has 10 nitrogen and oxygen atoms in total. The smallest absolute Gasteiger partial charge is 0.388 e. The predicted molar refractivity (Wildman–Crippen MR) is 122 cm³/mol. The molecule has 0 spiro atoms. The zero-order valence-corrected chi connectivity index (χ0v) is 23.8. The highest BCUT2D eigenvalue weighted by Crippen LogP contribution is 2.51. The molecule has 1 aliphatic rings. The van der Waals surface area contributed by atoms with Gasteiger partial charge in [0.25, 0.3) is 5.13 Å². The number of halogens is 18. The van der Waals surface area contributed by atoms with Crippen molar-refractivity contribution in [1.82, 2.24) is 10.2 Å². The van der Waals surface area contributed by atoms with Crippen LogP contribution in [0.3, 0.4) is 0 Å². The molecule has 276 valence electrons. The van der Waals surface area contributed by atoms with Gasteiger partial charge in [0.05, 0.1) is 5.69 Å². The SMILES string of the molecule is O=C(OC(F)(F)C(F)(F)F)c1nnc(N=Nc2cc3c(cc2NS(=O)(=O)C(F)(F)C(F)(F)F)N(C(F)(F)C(F)(F)F)C(C(F)(F)F)CC3)s1. The average molecular weight is 790 g/mol. The van der Waals surface area contributed by atoms with Crippen LogP contribution in [0.15, 0.2) is 22.4 Å². The number of aromatic nitrogens is 2. The number of aryl methyl sites for hydroxylation is 1. The van der Waals surface area contributed by atoms with Gasteiger partial charge in [-0.3, -0.25) is 9.62 Å². The molecule has 0 bridgehead atoms. The summed E-state index contributed by atoms with van der Waals surface area (Å²) in [5, 5.41) is 2.48. The van der Waals surface area contributed by atoms with E-state index in [1.807, 2.05) is 0 Å². The Bertz CT molecular complexity index is 1720. The highest BCUT2D eigenvalue weighted by molar-refractivity contribution is 7.93. The van der Waals surface area contributed by atoms with Gasteiger partial charge in [0, 0.05) is 5.69 Å². The second kappa shape index (κ2) is 12.2. The monoisotopic (exact) mass is 790 g/mol. The summed E-state index contributed by atoms with van der Waals surface area (Å²) in [5.41, 5.74) is -6.26. The van der Waals surface area contributed by atoms with Crippen molar-refractivity contribution in [1.29, 1.82) is 0 Å². The van der Waals surface area contributed by atoms with Gasteiger partial charge in [-0.1, -0.05) is 11.3 Å². The number of alkyl halides is 18. The van der Waals surface area contributed by atoms with Crippen molar-refractivity contribution in [3.05, 3.63) is 22.7 Å². The van der Waals surface area contributed by atoms with E-state index in [1.54, 1.807) is 0 Å². The van der Waals surface area contributed by atoms with Crippen LogP contribution in [0.5, 0.6) is 0 Å². The molecule has 0 saturated carbocycles. The Labute approximate surface area is 260 Å². The van der Waals surface area contributed by atoms with Crippen LogP contribution in [-0.4, -0.2) is 72.7 Å². The molecule has 2 heterocycles. The first-order chi connectivity index (χ1) is 21.7. The molecule has 1 unspecified atom stereocenters. The lowest BCUT2D eigenvalue weighted by molar-refractivity contribution is -0.370. The highest BCUT2D eigenvalue weighted by atomic mass is 32.2. The third kappa shape index (κ3) is 7.66. The van der Waals surface area contributed by atoms with Crippen LogP contribution in [0, 0.1) is 0 Å². The second-order valence-corrected chi connectivity index (χ2v) is 11.8. The van der Waals surface area contributed by atoms with Gasteiger partial charge in [0.2, 0.25) is 5.01 Å². The maximum atomic E-state index is 14.5. The number of esters is 1. The number of ether oxygens (including phenoxy) is 1. The number of carbonyl (C=O) groups excluding carboxylic acids is 1. The summed E-state index contributed by atoms with van der Waals surface area (Å²) in [6.07, 6.45) is -34.8. The number of sulfonamides is 1. The Morgan fingerprint density at radius 2 is 1.41 bits per heavy atom. The Kier molecular flexibility index (Phi) is 9.83. The van der Waals surface area contributed by atoms with E-state index in [0.717, 1.165) is 0 Å². The summed E-state index contributed by atoms with van der Waals surface area (Å²) in [5.74, 6) is -2.50. The molecule has 0 amide bonds. The molecule has 0 saturated heterocycles. The number of hydrogen-bond donors (Lipinski definition) is 1. The lowest BCUT2D eigenvalue weighted by atomic mass is 9.93. The molecule has 1 aliphatic heterocycles. The minimum Gasteiger partial charge on any atom is -0.388 e. The molecule has 1 N–H and O–H groups in total. The van der Waals surface area contributed by atoms with Crippen molar-refractivity contribution < 1.29 is 97.0 Å². The lowest BCUT2D eigenvalue weighted by Crippen LogP contribution is -2.62. The molecule has 1 atom stereocenters. The van der Waals surface area contributed by atoms with Crippen molar-refractivity contribution >= 4 is 49.5 Å². The number of anilines is 2. The summed E-state index contributed by atoms with van der Waals surface area (Å²) in [6.45, 7) is 0. The van der Waals surface area contributed by atoms with Crippen molar-refractivity contribution in [2.75, 3.05) is 9.62 Å². The third-order valence-electron chi connectivity index (χ3n) is 5.77. The maximum Gasteiger partial charge on any atom is 0.501 e. The molecule has 30 heteroatoms. The number of hydrogen-bond acceptors (Lipinski definition) is 10. The summed E-state index contributed by atoms with van der Waals surface area (Å²) in [7, 11) is -7.17. The summed E-state index contributed by atoms with van der Waals surface area (Å²) < 4.78 is 266. The van der Waals surface area contributed by atoms with Crippen LogP contribution in [0.2, 0.25) is 0 Å². The highest BCUT2D eigenvalue weighted by Gasteiger charge is 2.69. The van der Waals surface area contributed by atoms with Crippen LogP contribution >= 0.6 is 11.3 Å². The molecule has 0 fully saturated rings. The number of azo groups is 1. The van der Waals surface area contributed by atoms with E-state index in [0.29, 0.717) is 4.72 Å². The molecular formula is C19H8F18N6O4S2. The molecule has 2 aromatic rings. The van der Waals surface area contributed by atoms with E-state index in [2.05, 4.69) is 25.2 Å². The van der Waals surface area contributed by atoms with Crippen LogP contribution in [0.1, 0.15) is 21.8 Å². The van der Waals surface area contributed by atoms with E-state index in [4.69, 9.17) is 0 Å². The first-order valence-corrected chi connectivity index (χ1v) is 13.9. The Hall–Kier alpha value is -3.86. The van der Waals surface area contributed by atoms with Crippen molar-refractivity contribution in [3.63, 3.8) is 0 Å². The Morgan fingerprint density at radius 1 is 0.837 bits per heavy atom. The lowest BCUT2D eigenvalue weighted by Gasteiger charge is -2.44. The van der Waals surface area contributed by atoms with Gasteiger partial charge in [-0.2, -0.15) is 87.4 Å². The van der Waals surface area contributed by atoms with E-state index < -0.39 is 121 Å². The quantitative estimate of drug-likeness (QED) is 0.124. The van der Waals surface area contributed by atoms with Crippen LogP contribution in [-0.2, 0) is 21.2 Å². The fraction of sp³-hybridized carbons (Fsp3) is 0.526. The van der Waals surface area contributed by atoms with Gasteiger partial charge >= 0.3 is 58.1 Å². The van der Waals surface area contributed by atoms with Crippen molar-refractivity contribution in [3.8, 4) is 0 Å². The number of benzene rings is 1. The van der Waals surface area contributed by atoms with E-state index in [-0.39, 0.29) is 17.4 Å². The molecule has 49 heavy (non-hydrogen) atoms. The largest absolute Gasteiger partial charge is 0.501 e. The zero-order chi connectivity index (χ0) is 38.0. The van der Waals surface area contributed by atoms with Gasteiger partial charge in [0.15, 0.2) is 0 Å². The summed E-state index contributed by atoms with van der Waals surface area (Å²) >= 11 is -0.346. The number of nitrogens with zero attached hydrogens (tertiary/aromatic N) is 5. The van der Waals surface area contributed by atoms with Gasteiger partial charge in [-0.05, 0) is 30.5 Å². The number of carbonyl (C=O) groups is 1. The second-order valence-electron chi connectivity index (χ2n) is 9.12. The number of fused-ring (bicyclic) bond motifs is 1. The van der Waals surface area contributed by atoms with Crippen LogP contribution in [0.4, 0.5) is 101 Å². The molecule has 3 rings (SSSR count). The van der Waals surface area contributed by atoms with E-state index in [1.165, 1.54) is 0 Å². The summed E-state index contributed by atoms with van der Waals surface area (Å²) in [6, 6.07) is -10.5. The molecular weight excluding hydrogens is 782 g/mol. The minimum absolute atomic E-state index is 0.120. The Morgan fingerprint density at radius 3 is 1.90 bits per heavy atom. The number of rotatable bonds is 8. The first kappa shape index (κ1) is 39.6. The fourth-order valence-corrected chi connectivity index (χ4v) is 5.03. The van der Waals surface area contributed by atoms with Gasteiger partial charge in [-0.15, -0.1) is 20.4 Å². The topological polar surface area (TPSA) is 126 Å². The molecule has 0 aliphatic carbocycles. The normalized spacial score (nSPS) is 17.3. The van der Waals surface area contributed by atoms with Crippen LogP contribution < -0.4 is 9.62 Å². The van der Waals surface area contributed by atoms with Gasteiger partial charge in [-0.25, -0.2) is 4.79 Å².